The van der Waals surface area contributed by atoms with E-state index in [1.165, 1.54) is 0 Å². The fourth-order valence-corrected chi connectivity index (χ4v) is 1.43. The smallest absolute Gasteiger partial charge is 0.189 e. The Hall–Kier alpha value is -1.91. The summed E-state index contributed by atoms with van der Waals surface area (Å²) < 4.78 is 10.7. The van der Waals surface area contributed by atoms with Crippen molar-refractivity contribution in [2.45, 2.75) is 13.2 Å². The van der Waals surface area contributed by atoms with Crippen LogP contribution in [0.4, 0.5) is 0 Å². The predicted octanol–water partition coefficient (Wildman–Crippen LogP) is 2.13. The number of benzene rings is 1. The van der Waals surface area contributed by atoms with Gasteiger partial charge in [-0.1, -0.05) is 30.3 Å². The minimum absolute atomic E-state index is 0.0647. The van der Waals surface area contributed by atoms with Gasteiger partial charge in [0.2, 0.25) is 0 Å². The average molecular weight is 245 g/mol. The number of aromatic nitrogens is 1. The Bertz CT molecular complexity index is 456. The van der Waals surface area contributed by atoms with Crippen molar-refractivity contribution in [3.05, 3.63) is 59.9 Å². The molecule has 0 fully saturated rings. The quantitative estimate of drug-likeness (QED) is 0.625. The van der Waals surface area contributed by atoms with E-state index in [0.717, 1.165) is 5.56 Å². The molecule has 0 radical (unpaired) electrons. The van der Waals surface area contributed by atoms with Crippen LogP contribution in [0.15, 0.2) is 48.7 Å². The Kier molecular flexibility index (Phi) is 4.69. The Morgan fingerprint density at radius 3 is 2.56 bits per heavy atom. The molecule has 1 heterocycles. The number of hydrogen-bond acceptors (Lipinski definition) is 4. The molecule has 4 nitrogen and oxygen atoms in total. The Morgan fingerprint density at radius 2 is 1.89 bits per heavy atom. The molecule has 0 bridgehead atoms. The molecular weight excluding hydrogens is 230 g/mol. The lowest BCUT2D eigenvalue weighted by Crippen LogP contribution is -2.03. The van der Waals surface area contributed by atoms with E-state index in [2.05, 4.69) is 4.98 Å². The minimum atomic E-state index is -0.0647. The summed E-state index contributed by atoms with van der Waals surface area (Å²) in [5.74, 6) is 0.625. The van der Waals surface area contributed by atoms with Crippen molar-refractivity contribution in [2.24, 2.45) is 0 Å². The third kappa shape index (κ3) is 3.84. The number of pyridine rings is 1. The molecule has 1 N–H and O–H groups in total. The first-order chi connectivity index (χ1) is 8.88. The highest BCUT2D eigenvalue weighted by molar-refractivity contribution is 5.19. The molecule has 0 amide bonds. The van der Waals surface area contributed by atoms with Crippen LogP contribution in [0.1, 0.15) is 11.3 Å². The van der Waals surface area contributed by atoms with E-state index in [-0.39, 0.29) is 13.4 Å². The second-order valence-corrected chi connectivity index (χ2v) is 3.74. The summed E-state index contributed by atoms with van der Waals surface area (Å²) in [5.41, 5.74) is 1.72. The summed E-state index contributed by atoms with van der Waals surface area (Å²) in [6.07, 6.45) is 1.57. The van der Waals surface area contributed by atoms with E-state index in [1.807, 2.05) is 30.3 Å². The van der Waals surface area contributed by atoms with E-state index >= 15 is 0 Å². The molecule has 0 aliphatic carbocycles. The monoisotopic (exact) mass is 245 g/mol. The lowest BCUT2D eigenvalue weighted by Gasteiger charge is -2.07. The summed E-state index contributed by atoms with van der Waals surface area (Å²) in [4.78, 5) is 4.00. The molecule has 0 saturated carbocycles. The van der Waals surface area contributed by atoms with Crippen LogP contribution in [0.5, 0.6) is 5.75 Å². The van der Waals surface area contributed by atoms with Crippen LogP contribution < -0.4 is 4.74 Å². The van der Waals surface area contributed by atoms with Crippen molar-refractivity contribution in [1.82, 2.24) is 4.98 Å². The van der Waals surface area contributed by atoms with Gasteiger partial charge in [-0.25, -0.2) is 0 Å². The summed E-state index contributed by atoms with van der Waals surface area (Å²) in [7, 11) is 0. The van der Waals surface area contributed by atoms with Crippen molar-refractivity contribution in [3.8, 4) is 5.75 Å². The lowest BCUT2D eigenvalue weighted by atomic mass is 10.2. The molecule has 94 valence electrons. The van der Waals surface area contributed by atoms with Crippen molar-refractivity contribution in [1.29, 1.82) is 0 Å². The van der Waals surface area contributed by atoms with Crippen LogP contribution in [0.3, 0.4) is 0 Å². The van der Waals surface area contributed by atoms with E-state index in [1.54, 1.807) is 18.3 Å². The molecule has 1 aromatic heterocycles. The largest absolute Gasteiger partial charge is 0.466 e. The second-order valence-electron chi connectivity index (χ2n) is 3.74. The van der Waals surface area contributed by atoms with E-state index in [0.29, 0.717) is 18.1 Å². The normalized spacial score (nSPS) is 10.3. The van der Waals surface area contributed by atoms with E-state index < -0.39 is 0 Å². The molecular formula is C14H15NO3. The number of aliphatic hydroxyl groups excluding tert-OH is 1. The van der Waals surface area contributed by atoms with Crippen LogP contribution in [-0.4, -0.2) is 16.9 Å². The number of rotatable bonds is 6. The van der Waals surface area contributed by atoms with Crippen LogP contribution >= 0.6 is 0 Å². The standard InChI is InChI=1S/C14H15NO3/c16-9-13-6-7-14(8-15-13)18-11-17-10-12-4-2-1-3-5-12/h1-8,16H,9-11H2. The molecule has 18 heavy (non-hydrogen) atoms. The highest BCUT2D eigenvalue weighted by Crippen LogP contribution is 2.09. The predicted molar refractivity (Wildman–Crippen MR) is 66.9 cm³/mol. The van der Waals surface area contributed by atoms with Crippen molar-refractivity contribution >= 4 is 0 Å². The molecule has 0 unspecified atom stereocenters. The zero-order valence-electron chi connectivity index (χ0n) is 9.95. The molecule has 2 rings (SSSR count). The highest BCUT2D eigenvalue weighted by atomic mass is 16.7. The molecule has 1 aromatic carbocycles. The molecule has 0 aliphatic rings. The maximum atomic E-state index is 8.84. The first-order valence-electron chi connectivity index (χ1n) is 5.69. The fourth-order valence-electron chi connectivity index (χ4n) is 1.43. The van der Waals surface area contributed by atoms with Crippen molar-refractivity contribution < 1.29 is 14.6 Å². The zero-order chi connectivity index (χ0) is 12.6. The van der Waals surface area contributed by atoms with Gasteiger partial charge in [0.15, 0.2) is 6.79 Å². The highest BCUT2D eigenvalue weighted by Gasteiger charge is 1.96. The Labute approximate surface area is 106 Å². The van der Waals surface area contributed by atoms with Gasteiger partial charge in [-0.3, -0.25) is 4.98 Å². The lowest BCUT2D eigenvalue weighted by molar-refractivity contribution is 0.00482. The third-order valence-electron chi connectivity index (χ3n) is 2.38. The number of hydrogen-bond donors (Lipinski definition) is 1. The van der Waals surface area contributed by atoms with Crippen molar-refractivity contribution in [2.75, 3.05) is 6.79 Å². The number of aliphatic hydroxyl groups is 1. The van der Waals surface area contributed by atoms with Gasteiger partial charge in [-0.2, -0.15) is 0 Å². The fraction of sp³-hybridized carbons (Fsp3) is 0.214. The summed E-state index contributed by atoms with van der Waals surface area (Å²) in [5, 5.41) is 8.84. The van der Waals surface area contributed by atoms with Crippen molar-refractivity contribution in [3.63, 3.8) is 0 Å². The van der Waals surface area contributed by atoms with Crippen LogP contribution in [-0.2, 0) is 18.0 Å². The maximum absolute atomic E-state index is 8.84. The second kappa shape index (κ2) is 6.74. The first kappa shape index (κ1) is 12.5. The molecule has 4 heteroatoms. The number of nitrogens with zero attached hydrogens (tertiary/aromatic N) is 1. The van der Waals surface area contributed by atoms with Crippen LogP contribution in [0.2, 0.25) is 0 Å². The summed E-state index contributed by atoms with van der Waals surface area (Å²) in [6, 6.07) is 13.4. The molecule has 0 saturated heterocycles. The maximum Gasteiger partial charge on any atom is 0.189 e. The topological polar surface area (TPSA) is 51.6 Å². The summed E-state index contributed by atoms with van der Waals surface area (Å²) in [6.45, 7) is 0.628. The van der Waals surface area contributed by atoms with Gasteiger partial charge >= 0.3 is 0 Å². The molecule has 0 aliphatic heterocycles. The van der Waals surface area contributed by atoms with Gasteiger partial charge in [-0.05, 0) is 17.7 Å². The zero-order valence-corrected chi connectivity index (χ0v) is 9.95. The van der Waals surface area contributed by atoms with Gasteiger partial charge in [0.25, 0.3) is 0 Å². The molecule has 0 spiro atoms. The van der Waals surface area contributed by atoms with Gasteiger partial charge in [-0.15, -0.1) is 0 Å². The third-order valence-corrected chi connectivity index (χ3v) is 2.38. The summed E-state index contributed by atoms with van der Waals surface area (Å²) >= 11 is 0. The Morgan fingerprint density at radius 1 is 1.06 bits per heavy atom. The van der Waals surface area contributed by atoms with Gasteiger partial charge in [0, 0.05) is 0 Å². The number of ether oxygens (including phenoxy) is 2. The van der Waals surface area contributed by atoms with Gasteiger partial charge in [0.1, 0.15) is 5.75 Å². The van der Waals surface area contributed by atoms with E-state index in [9.17, 15) is 0 Å². The SMILES string of the molecule is OCc1ccc(OCOCc2ccccc2)cn1. The van der Waals surface area contributed by atoms with Crippen LogP contribution in [0, 0.1) is 0 Å². The molecule has 0 atom stereocenters. The van der Waals surface area contributed by atoms with E-state index in [4.69, 9.17) is 14.6 Å². The first-order valence-corrected chi connectivity index (χ1v) is 5.69. The van der Waals surface area contributed by atoms with Crippen LogP contribution in [0.25, 0.3) is 0 Å². The van der Waals surface area contributed by atoms with Gasteiger partial charge in [0.05, 0.1) is 25.1 Å². The Balaban J connectivity index is 1.72. The average Bonchev–Trinajstić information content (AvgIpc) is 2.45. The minimum Gasteiger partial charge on any atom is -0.466 e. The van der Waals surface area contributed by atoms with Gasteiger partial charge < -0.3 is 14.6 Å². The molecule has 2 aromatic rings.